The number of rotatable bonds is 5. The van der Waals surface area contributed by atoms with Gasteiger partial charge in [0.1, 0.15) is 17.0 Å². The van der Waals surface area contributed by atoms with Crippen LogP contribution in [0.2, 0.25) is 0 Å². The van der Waals surface area contributed by atoms with Gasteiger partial charge in [0.15, 0.2) is 10.9 Å². The number of aromatic nitrogens is 3. The molecule has 2 aliphatic carbocycles. The molecule has 3 fully saturated rings. The second-order valence-corrected chi connectivity index (χ2v) is 12.3. The van der Waals surface area contributed by atoms with Crippen molar-refractivity contribution in [3.63, 3.8) is 0 Å². The van der Waals surface area contributed by atoms with Gasteiger partial charge in [-0.15, -0.1) is 0 Å². The largest absolute Gasteiger partial charge is 0.478 e. The predicted molar refractivity (Wildman–Crippen MR) is 144 cm³/mol. The minimum Gasteiger partial charge on any atom is -0.478 e. The van der Waals surface area contributed by atoms with Crippen LogP contribution in [0.25, 0.3) is 27.6 Å². The lowest BCUT2D eigenvalue weighted by Crippen LogP contribution is -2.44. The number of benzene rings is 1. The van der Waals surface area contributed by atoms with E-state index in [1.807, 2.05) is 6.08 Å². The highest BCUT2D eigenvalue weighted by Gasteiger charge is 2.44. The molecule has 1 saturated heterocycles. The van der Waals surface area contributed by atoms with E-state index in [1.165, 1.54) is 29.7 Å². The van der Waals surface area contributed by atoms with Gasteiger partial charge < -0.3 is 14.5 Å². The molecule has 212 valence electrons. The molecule has 0 atom stereocenters. The quantitative estimate of drug-likeness (QED) is 0.242. The normalized spacial score (nSPS) is 18.6. The van der Waals surface area contributed by atoms with Gasteiger partial charge in [0.25, 0.3) is 0 Å². The summed E-state index contributed by atoms with van der Waals surface area (Å²) in [4.78, 5) is 21.5. The smallest absolute Gasteiger partial charge is 0.418 e. The van der Waals surface area contributed by atoms with Crippen molar-refractivity contribution in [2.45, 2.75) is 50.6 Å². The van der Waals surface area contributed by atoms with Gasteiger partial charge >= 0.3 is 12.1 Å². The van der Waals surface area contributed by atoms with E-state index in [-0.39, 0.29) is 33.7 Å². The molecule has 2 saturated carbocycles. The first kappa shape index (κ1) is 26.1. The topological polar surface area (TPSA) is 92.3 Å². The van der Waals surface area contributed by atoms with Gasteiger partial charge in [-0.05, 0) is 68.2 Å². The first-order valence-electron chi connectivity index (χ1n) is 13.4. The molecule has 1 spiro atoms. The number of carbonyl (C=O) groups is 1. The number of carboxylic acids is 1. The van der Waals surface area contributed by atoms with Crippen molar-refractivity contribution in [3.8, 4) is 11.3 Å². The summed E-state index contributed by atoms with van der Waals surface area (Å²) in [5, 5.41) is 14.0. The average Bonchev–Trinajstić information content (AvgIpc) is 3.53. The highest BCUT2D eigenvalue weighted by atomic mass is 32.1. The second kappa shape index (κ2) is 9.37. The zero-order valence-electron chi connectivity index (χ0n) is 21.7. The van der Waals surface area contributed by atoms with Crippen LogP contribution in [0.1, 0.15) is 71.7 Å². The summed E-state index contributed by atoms with van der Waals surface area (Å²) in [5.41, 5.74) is 1.34. The SMILES string of the molecule is O=C(O)c1cc(F)c2nc(N3CCC4(CC3)CC(=Cc3c(-c5ccncc5C(F)(F)F)noc3C3CC3)C4)sc2c1. The Morgan fingerprint density at radius 1 is 1.20 bits per heavy atom. The summed E-state index contributed by atoms with van der Waals surface area (Å²) in [7, 11) is 0. The molecule has 41 heavy (non-hydrogen) atoms. The van der Waals surface area contributed by atoms with Crippen LogP contribution in [0.15, 0.2) is 40.7 Å². The number of hydrogen-bond donors (Lipinski definition) is 1. The molecule has 4 heterocycles. The molecule has 12 heteroatoms. The fourth-order valence-electron chi connectivity index (χ4n) is 6.09. The molecule has 7 rings (SSSR count). The van der Waals surface area contributed by atoms with Crippen LogP contribution < -0.4 is 4.90 Å². The third kappa shape index (κ3) is 4.67. The van der Waals surface area contributed by atoms with Crippen LogP contribution >= 0.6 is 11.3 Å². The number of halogens is 4. The number of fused-ring (bicyclic) bond motifs is 1. The third-order valence-corrected chi connectivity index (χ3v) is 9.48. The molecule has 3 aromatic heterocycles. The number of piperidine rings is 1. The van der Waals surface area contributed by atoms with E-state index in [0.29, 0.717) is 21.2 Å². The number of alkyl halides is 3. The van der Waals surface area contributed by atoms with Gasteiger partial charge in [-0.2, -0.15) is 13.2 Å². The number of aromatic carboxylic acids is 1. The number of thiazole rings is 1. The number of anilines is 1. The Morgan fingerprint density at radius 2 is 1.95 bits per heavy atom. The Hall–Kier alpha value is -3.80. The van der Waals surface area contributed by atoms with Crippen molar-refractivity contribution in [1.29, 1.82) is 0 Å². The Labute approximate surface area is 235 Å². The average molecular weight is 585 g/mol. The Balaban J connectivity index is 1.09. The highest BCUT2D eigenvalue weighted by molar-refractivity contribution is 7.22. The number of hydrogen-bond acceptors (Lipinski definition) is 7. The first-order valence-corrected chi connectivity index (χ1v) is 14.2. The lowest BCUT2D eigenvalue weighted by Gasteiger charge is -2.49. The summed E-state index contributed by atoms with van der Waals surface area (Å²) in [6.07, 6.45) is 4.93. The molecular weight excluding hydrogens is 560 g/mol. The third-order valence-electron chi connectivity index (χ3n) is 8.42. The highest BCUT2D eigenvalue weighted by Crippen LogP contribution is 2.55. The molecule has 3 aliphatic rings. The lowest BCUT2D eigenvalue weighted by atomic mass is 9.60. The van der Waals surface area contributed by atoms with Gasteiger partial charge in [0.2, 0.25) is 0 Å². The maximum absolute atomic E-state index is 14.5. The second-order valence-electron chi connectivity index (χ2n) is 11.3. The van der Waals surface area contributed by atoms with Gasteiger partial charge in [0.05, 0.1) is 15.8 Å². The Bertz CT molecular complexity index is 1700. The summed E-state index contributed by atoms with van der Waals surface area (Å²) in [6.45, 7) is 1.47. The standard InChI is InChI=1S/C29H24F4N4O3S/c30-21-10-17(26(38)39)11-22-24(21)35-27(41-22)37-7-4-28(5-8-37)12-15(13-28)9-19-23(36-40-25(19)16-1-2-16)18-3-6-34-14-20(18)29(31,32)33/h3,6,9-11,14,16H,1-2,4-5,7-8,12-13H2,(H,38,39). The number of nitrogens with zero attached hydrogens (tertiary/aromatic N) is 4. The van der Waals surface area contributed by atoms with E-state index in [2.05, 4.69) is 20.0 Å². The van der Waals surface area contributed by atoms with E-state index in [4.69, 9.17) is 4.52 Å². The van der Waals surface area contributed by atoms with Crippen molar-refractivity contribution in [1.82, 2.24) is 15.1 Å². The number of carboxylic acid groups (broad SMARTS) is 1. The molecule has 4 aromatic rings. The van der Waals surface area contributed by atoms with E-state index in [9.17, 15) is 27.5 Å². The van der Waals surface area contributed by atoms with Crippen molar-refractivity contribution in [2.75, 3.05) is 18.0 Å². The van der Waals surface area contributed by atoms with E-state index >= 15 is 0 Å². The first-order chi connectivity index (χ1) is 19.6. The predicted octanol–water partition coefficient (Wildman–Crippen LogP) is 7.54. The fraction of sp³-hybridized carbons (Fsp3) is 0.379. The van der Waals surface area contributed by atoms with Gasteiger partial charge in [-0.3, -0.25) is 4.98 Å². The van der Waals surface area contributed by atoms with E-state index < -0.39 is 23.5 Å². The number of pyridine rings is 1. The van der Waals surface area contributed by atoms with Crippen LogP contribution in [0, 0.1) is 11.2 Å². The maximum Gasteiger partial charge on any atom is 0.418 e. The van der Waals surface area contributed by atoms with Crippen LogP contribution in [0.5, 0.6) is 0 Å². The van der Waals surface area contributed by atoms with Gasteiger partial charge in [-0.25, -0.2) is 14.2 Å². The summed E-state index contributed by atoms with van der Waals surface area (Å²) < 4.78 is 61.8. The van der Waals surface area contributed by atoms with Crippen LogP contribution in [0.3, 0.4) is 0 Å². The summed E-state index contributed by atoms with van der Waals surface area (Å²) in [6, 6.07) is 3.79. The van der Waals surface area contributed by atoms with Crippen molar-refractivity contribution < 1.29 is 32.0 Å². The molecule has 1 aromatic carbocycles. The monoisotopic (exact) mass is 584 g/mol. The Morgan fingerprint density at radius 3 is 2.63 bits per heavy atom. The summed E-state index contributed by atoms with van der Waals surface area (Å²) >= 11 is 1.29. The molecule has 0 bridgehead atoms. The van der Waals surface area contributed by atoms with Crippen LogP contribution in [0.4, 0.5) is 22.7 Å². The van der Waals surface area contributed by atoms with Crippen molar-refractivity contribution >= 4 is 38.7 Å². The van der Waals surface area contributed by atoms with Gasteiger partial charge in [-0.1, -0.05) is 22.1 Å². The zero-order chi connectivity index (χ0) is 28.5. The number of allylic oxidation sites excluding steroid dienone is 1. The Kier molecular flexibility index (Phi) is 5.97. The molecule has 0 radical (unpaired) electrons. The molecule has 1 aliphatic heterocycles. The van der Waals surface area contributed by atoms with E-state index in [0.717, 1.165) is 69.5 Å². The molecule has 7 nitrogen and oxygen atoms in total. The zero-order valence-corrected chi connectivity index (χ0v) is 22.5. The molecule has 0 amide bonds. The van der Waals surface area contributed by atoms with Gasteiger partial charge in [0, 0.05) is 42.5 Å². The molecular formula is C29H24F4N4O3S. The fourth-order valence-corrected chi connectivity index (χ4v) is 7.16. The van der Waals surface area contributed by atoms with Crippen LogP contribution in [-0.4, -0.2) is 39.3 Å². The minimum atomic E-state index is -4.56. The van der Waals surface area contributed by atoms with Crippen molar-refractivity contribution in [2.24, 2.45) is 5.41 Å². The minimum absolute atomic E-state index is 0.0277. The van der Waals surface area contributed by atoms with Crippen LogP contribution in [-0.2, 0) is 6.18 Å². The lowest BCUT2D eigenvalue weighted by molar-refractivity contribution is -0.137. The van der Waals surface area contributed by atoms with Crippen molar-refractivity contribution in [3.05, 3.63) is 64.4 Å². The maximum atomic E-state index is 14.5. The molecule has 1 N–H and O–H groups in total. The van der Waals surface area contributed by atoms with E-state index in [1.54, 1.807) is 0 Å². The summed E-state index contributed by atoms with van der Waals surface area (Å²) in [5.74, 6) is -0.986. The molecule has 0 unspecified atom stereocenters.